The number of halogens is 3. The average Bonchev–Trinajstić information content (AvgIpc) is 2.26. The van der Waals surface area contributed by atoms with Crippen LogP contribution in [0.25, 0.3) is 0 Å². The zero-order valence-corrected chi connectivity index (χ0v) is 10.0. The molecule has 4 nitrogen and oxygen atoms in total. The molecule has 1 unspecified atom stereocenters. The summed E-state index contributed by atoms with van der Waals surface area (Å²) in [6, 6.07) is 1.62. The highest BCUT2D eigenvalue weighted by Crippen LogP contribution is 2.27. The van der Waals surface area contributed by atoms with Crippen molar-refractivity contribution in [3.63, 3.8) is 0 Å². The van der Waals surface area contributed by atoms with Gasteiger partial charge in [-0.3, -0.25) is 9.78 Å². The quantitative estimate of drug-likeness (QED) is 0.861. The van der Waals surface area contributed by atoms with Crippen molar-refractivity contribution in [3.05, 3.63) is 29.6 Å². The maximum atomic E-state index is 12.5. The molecule has 0 saturated carbocycles. The first kappa shape index (κ1) is 14.4. The second-order valence-electron chi connectivity index (χ2n) is 4.18. The molecular formula is C11H14F3N3O. The fraction of sp³-hybridized carbons (Fsp3) is 0.455. The summed E-state index contributed by atoms with van der Waals surface area (Å²) in [6.07, 6.45) is -1.73. The van der Waals surface area contributed by atoms with E-state index < -0.39 is 17.6 Å². The van der Waals surface area contributed by atoms with Crippen LogP contribution in [-0.2, 0) is 11.3 Å². The molecule has 7 heteroatoms. The molecule has 1 rings (SSSR count). The third kappa shape index (κ3) is 2.98. The predicted octanol–water partition coefficient (Wildman–Crippen LogP) is 1.29. The van der Waals surface area contributed by atoms with Crippen LogP contribution in [0.3, 0.4) is 0 Å². The summed E-state index contributed by atoms with van der Waals surface area (Å²) in [5.41, 5.74) is 3.57. The highest BCUT2D eigenvalue weighted by Gasteiger charge is 2.53. The van der Waals surface area contributed by atoms with Crippen LogP contribution < -0.4 is 11.1 Å². The molecule has 1 aromatic rings. The van der Waals surface area contributed by atoms with Gasteiger partial charge in [0.1, 0.15) is 0 Å². The van der Waals surface area contributed by atoms with Crippen LogP contribution in [0.1, 0.15) is 18.1 Å². The van der Waals surface area contributed by atoms with Gasteiger partial charge in [0.15, 0.2) is 5.54 Å². The van der Waals surface area contributed by atoms with E-state index in [1.165, 1.54) is 6.20 Å². The summed E-state index contributed by atoms with van der Waals surface area (Å²) in [7, 11) is 0. The molecular weight excluding hydrogens is 247 g/mol. The maximum Gasteiger partial charge on any atom is 0.415 e. The highest BCUT2D eigenvalue weighted by atomic mass is 19.4. The van der Waals surface area contributed by atoms with Crippen LogP contribution >= 0.6 is 0 Å². The smallest absolute Gasteiger partial charge is 0.350 e. The Kier molecular flexibility index (Phi) is 3.95. The van der Waals surface area contributed by atoms with E-state index >= 15 is 0 Å². The molecule has 0 saturated heterocycles. The van der Waals surface area contributed by atoms with Crippen LogP contribution in [0.2, 0.25) is 0 Å². The summed E-state index contributed by atoms with van der Waals surface area (Å²) in [4.78, 5) is 15.3. The van der Waals surface area contributed by atoms with Gasteiger partial charge in [-0.25, -0.2) is 0 Å². The standard InChI is InChI=1S/C11H14F3N3O/c1-7-5-16-4-3-8(7)6-17-9(18)10(2,15)11(12,13)14/h3-5H,6,15H2,1-2H3,(H,17,18). The van der Waals surface area contributed by atoms with Gasteiger partial charge in [0, 0.05) is 18.9 Å². The molecule has 0 aliphatic heterocycles. The van der Waals surface area contributed by atoms with E-state index in [0.717, 1.165) is 5.56 Å². The number of nitrogens with two attached hydrogens (primary N) is 1. The molecule has 1 amide bonds. The van der Waals surface area contributed by atoms with Gasteiger partial charge in [0.05, 0.1) is 0 Å². The number of rotatable bonds is 3. The van der Waals surface area contributed by atoms with Gasteiger partial charge in [0.25, 0.3) is 0 Å². The first-order valence-electron chi connectivity index (χ1n) is 5.19. The summed E-state index contributed by atoms with van der Waals surface area (Å²) in [5, 5.41) is 2.17. The number of pyridine rings is 1. The predicted molar refractivity (Wildman–Crippen MR) is 59.5 cm³/mol. The maximum absolute atomic E-state index is 12.5. The zero-order valence-electron chi connectivity index (χ0n) is 10.0. The third-order valence-corrected chi connectivity index (χ3v) is 2.64. The van der Waals surface area contributed by atoms with E-state index in [9.17, 15) is 18.0 Å². The monoisotopic (exact) mass is 261 g/mol. The summed E-state index contributed by atoms with van der Waals surface area (Å²) in [6.45, 7) is 2.37. The Balaban J connectivity index is 2.71. The molecule has 18 heavy (non-hydrogen) atoms. The molecule has 0 aliphatic rings. The first-order chi connectivity index (χ1) is 8.16. The number of hydrogen-bond donors (Lipinski definition) is 2. The van der Waals surface area contributed by atoms with Crippen molar-refractivity contribution >= 4 is 5.91 Å². The van der Waals surface area contributed by atoms with Gasteiger partial charge in [-0.05, 0) is 31.0 Å². The summed E-state index contributed by atoms with van der Waals surface area (Å²) >= 11 is 0. The van der Waals surface area contributed by atoms with Crippen molar-refractivity contribution in [2.45, 2.75) is 32.1 Å². The van der Waals surface area contributed by atoms with Gasteiger partial charge < -0.3 is 11.1 Å². The number of nitrogens with one attached hydrogen (secondary N) is 1. The minimum atomic E-state index is -4.79. The Hall–Kier alpha value is -1.63. The Morgan fingerprint density at radius 3 is 2.61 bits per heavy atom. The van der Waals surface area contributed by atoms with Gasteiger partial charge in [-0.15, -0.1) is 0 Å². The number of nitrogens with zero attached hydrogens (tertiary/aromatic N) is 1. The van der Waals surface area contributed by atoms with Gasteiger partial charge in [-0.1, -0.05) is 0 Å². The van der Waals surface area contributed by atoms with Crippen molar-refractivity contribution in [3.8, 4) is 0 Å². The van der Waals surface area contributed by atoms with E-state index in [2.05, 4.69) is 10.3 Å². The number of alkyl halides is 3. The lowest BCUT2D eigenvalue weighted by molar-refractivity contribution is -0.187. The van der Waals surface area contributed by atoms with Crippen molar-refractivity contribution in [1.82, 2.24) is 10.3 Å². The van der Waals surface area contributed by atoms with E-state index in [4.69, 9.17) is 5.73 Å². The van der Waals surface area contributed by atoms with Crippen LogP contribution in [0.4, 0.5) is 13.2 Å². The molecule has 0 radical (unpaired) electrons. The normalized spacial score (nSPS) is 15.0. The van der Waals surface area contributed by atoms with Gasteiger partial charge >= 0.3 is 6.18 Å². The Morgan fingerprint density at radius 2 is 2.11 bits per heavy atom. The average molecular weight is 261 g/mol. The van der Waals surface area contributed by atoms with Crippen molar-refractivity contribution in [2.24, 2.45) is 5.73 Å². The first-order valence-corrected chi connectivity index (χ1v) is 5.19. The van der Waals surface area contributed by atoms with Crippen LogP contribution in [0.5, 0.6) is 0 Å². The van der Waals surface area contributed by atoms with E-state index in [1.54, 1.807) is 19.2 Å². The lowest BCUT2D eigenvalue weighted by atomic mass is 10.0. The van der Waals surface area contributed by atoms with Crippen LogP contribution in [0.15, 0.2) is 18.5 Å². The number of carbonyl (C=O) groups excluding carboxylic acids is 1. The molecule has 0 aliphatic carbocycles. The number of aryl methyl sites for hydroxylation is 1. The summed E-state index contributed by atoms with van der Waals surface area (Å²) in [5.74, 6) is -1.26. The van der Waals surface area contributed by atoms with Crippen molar-refractivity contribution in [1.29, 1.82) is 0 Å². The fourth-order valence-electron chi connectivity index (χ4n) is 1.19. The highest BCUT2D eigenvalue weighted by molar-refractivity contribution is 5.86. The topological polar surface area (TPSA) is 68.0 Å². The van der Waals surface area contributed by atoms with Gasteiger partial charge in [-0.2, -0.15) is 13.2 Å². The Morgan fingerprint density at radius 1 is 1.50 bits per heavy atom. The van der Waals surface area contributed by atoms with Crippen molar-refractivity contribution in [2.75, 3.05) is 0 Å². The number of aromatic nitrogens is 1. The Bertz CT molecular complexity index is 443. The second-order valence-corrected chi connectivity index (χ2v) is 4.18. The van der Waals surface area contributed by atoms with E-state index in [0.29, 0.717) is 12.5 Å². The van der Waals surface area contributed by atoms with Crippen LogP contribution in [0, 0.1) is 6.92 Å². The SMILES string of the molecule is Cc1cnccc1CNC(=O)C(C)(N)C(F)(F)F. The third-order valence-electron chi connectivity index (χ3n) is 2.64. The minimum Gasteiger partial charge on any atom is -0.350 e. The molecule has 3 N–H and O–H groups in total. The molecule has 0 spiro atoms. The number of carbonyl (C=O) groups is 1. The van der Waals surface area contributed by atoms with Gasteiger partial charge in [0.2, 0.25) is 5.91 Å². The van der Waals surface area contributed by atoms with Crippen molar-refractivity contribution < 1.29 is 18.0 Å². The molecule has 1 heterocycles. The van der Waals surface area contributed by atoms with E-state index in [1.807, 2.05) is 0 Å². The van der Waals surface area contributed by atoms with Crippen LogP contribution in [-0.4, -0.2) is 22.6 Å². The molecule has 1 aromatic heterocycles. The molecule has 0 aromatic carbocycles. The zero-order chi connectivity index (χ0) is 14.0. The largest absolute Gasteiger partial charge is 0.415 e. The lowest BCUT2D eigenvalue weighted by Gasteiger charge is -2.26. The number of hydrogen-bond acceptors (Lipinski definition) is 3. The molecule has 100 valence electrons. The minimum absolute atomic E-state index is 0.0178. The number of amides is 1. The fourth-order valence-corrected chi connectivity index (χ4v) is 1.19. The Labute approximate surface area is 102 Å². The molecule has 0 bridgehead atoms. The molecule has 0 fully saturated rings. The van der Waals surface area contributed by atoms with E-state index in [-0.39, 0.29) is 6.54 Å². The second kappa shape index (κ2) is 4.93. The summed E-state index contributed by atoms with van der Waals surface area (Å²) < 4.78 is 37.5. The lowest BCUT2D eigenvalue weighted by Crippen LogP contribution is -2.61. The molecule has 1 atom stereocenters.